The largest absolute Gasteiger partial charge is 0.480 e. The molecule has 0 heterocycles. The van der Waals surface area contributed by atoms with Crippen LogP contribution in [0.5, 0.6) is 0 Å². The molecule has 186 valence electrons. The van der Waals surface area contributed by atoms with Gasteiger partial charge in [0.1, 0.15) is 6.54 Å². The van der Waals surface area contributed by atoms with E-state index in [1.807, 2.05) is 55.6 Å². The molecule has 1 N–H and O–H groups in total. The second-order valence-corrected chi connectivity index (χ2v) is 8.99. The van der Waals surface area contributed by atoms with Crippen LogP contribution in [0.1, 0.15) is 27.0 Å². The van der Waals surface area contributed by atoms with Crippen molar-refractivity contribution in [3.05, 3.63) is 126 Å². The minimum Gasteiger partial charge on any atom is -0.480 e. The molecule has 0 spiro atoms. The first-order valence-electron chi connectivity index (χ1n) is 12.1. The van der Waals surface area contributed by atoms with E-state index in [1.54, 1.807) is 12.1 Å². The molecule has 0 radical (unpaired) electrons. The zero-order valence-corrected chi connectivity index (χ0v) is 21.1. The van der Waals surface area contributed by atoms with E-state index in [0.29, 0.717) is 5.56 Å². The number of aliphatic carboxylic acids is 1. The number of hydrogen-bond acceptors (Lipinski definition) is 3. The lowest BCUT2D eigenvalue weighted by molar-refractivity contribution is -0.137. The lowest BCUT2D eigenvalue weighted by atomic mass is 10.0. The molecule has 5 nitrogen and oxygen atoms in total. The van der Waals surface area contributed by atoms with Gasteiger partial charge in [0.05, 0.1) is 0 Å². The zero-order chi connectivity index (χ0) is 26.4. The third kappa shape index (κ3) is 6.14. The quantitative estimate of drug-likeness (QED) is 0.280. The Labute approximate surface area is 217 Å². The Morgan fingerprint density at radius 2 is 1.49 bits per heavy atom. The van der Waals surface area contributed by atoms with Crippen molar-refractivity contribution >= 4 is 29.3 Å². The molecule has 0 bridgehead atoms. The highest BCUT2D eigenvalue weighted by Gasteiger charge is 2.19. The first kappa shape index (κ1) is 25.5. The van der Waals surface area contributed by atoms with Gasteiger partial charge in [0.15, 0.2) is 0 Å². The van der Waals surface area contributed by atoms with Gasteiger partial charge in [-0.25, -0.2) is 0 Å². The number of carboxylic acids is 1. The molecule has 0 aliphatic heterocycles. The molecule has 0 unspecified atom stereocenters. The maximum absolute atomic E-state index is 13.1. The fourth-order valence-electron chi connectivity index (χ4n) is 4.31. The molecule has 37 heavy (non-hydrogen) atoms. The normalized spacial score (nSPS) is 10.5. The van der Waals surface area contributed by atoms with Gasteiger partial charge in [0.2, 0.25) is 0 Å². The van der Waals surface area contributed by atoms with Gasteiger partial charge < -0.3 is 14.9 Å². The van der Waals surface area contributed by atoms with Gasteiger partial charge in [-0.15, -0.1) is 0 Å². The van der Waals surface area contributed by atoms with Crippen LogP contribution in [-0.4, -0.2) is 35.5 Å². The van der Waals surface area contributed by atoms with Gasteiger partial charge in [0, 0.05) is 30.5 Å². The van der Waals surface area contributed by atoms with Crippen LogP contribution in [-0.2, 0) is 11.3 Å². The summed E-state index contributed by atoms with van der Waals surface area (Å²) >= 11 is 0. The maximum atomic E-state index is 13.1. The molecule has 0 saturated carbocycles. The first-order chi connectivity index (χ1) is 17.9. The SMILES string of the molecule is C=Cc1cc(C)ccc1N(C)c1ccc(-c2ccc(C(=O)N(CC(=O)O)Cc3ccccc3)cc2)cc1. The highest BCUT2D eigenvalue weighted by molar-refractivity contribution is 5.96. The minimum atomic E-state index is -1.04. The molecule has 0 atom stereocenters. The average Bonchev–Trinajstić information content (AvgIpc) is 2.92. The second kappa shape index (κ2) is 11.4. The van der Waals surface area contributed by atoms with Crippen molar-refractivity contribution in [1.29, 1.82) is 0 Å². The van der Waals surface area contributed by atoms with Gasteiger partial charge >= 0.3 is 5.97 Å². The number of carboxylic acid groups (broad SMARTS) is 1. The van der Waals surface area contributed by atoms with Crippen molar-refractivity contribution < 1.29 is 14.7 Å². The summed E-state index contributed by atoms with van der Waals surface area (Å²) in [6.07, 6.45) is 1.87. The van der Waals surface area contributed by atoms with E-state index in [-0.39, 0.29) is 19.0 Å². The third-order valence-electron chi connectivity index (χ3n) is 6.31. The summed E-state index contributed by atoms with van der Waals surface area (Å²) in [4.78, 5) is 28.0. The predicted molar refractivity (Wildman–Crippen MR) is 150 cm³/mol. The summed E-state index contributed by atoms with van der Waals surface area (Å²) in [6.45, 7) is 5.88. The molecule has 0 fully saturated rings. The van der Waals surface area contributed by atoms with E-state index in [9.17, 15) is 14.7 Å². The number of amides is 1. The van der Waals surface area contributed by atoms with Crippen LogP contribution in [0.4, 0.5) is 11.4 Å². The lowest BCUT2D eigenvalue weighted by Gasteiger charge is -2.22. The highest BCUT2D eigenvalue weighted by atomic mass is 16.4. The number of rotatable bonds is 9. The third-order valence-corrected chi connectivity index (χ3v) is 6.31. The lowest BCUT2D eigenvalue weighted by Crippen LogP contribution is -2.35. The molecule has 0 aliphatic carbocycles. The molecule has 4 aromatic rings. The van der Waals surface area contributed by atoms with Crippen LogP contribution >= 0.6 is 0 Å². The van der Waals surface area contributed by atoms with E-state index in [4.69, 9.17) is 0 Å². The van der Waals surface area contributed by atoms with E-state index >= 15 is 0 Å². The van der Waals surface area contributed by atoms with E-state index in [1.165, 1.54) is 10.5 Å². The highest BCUT2D eigenvalue weighted by Crippen LogP contribution is 2.30. The molecule has 0 aromatic heterocycles. The fraction of sp³-hybridized carbons (Fsp3) is 0.125. The topological polar surface area (TPSA) is 60.9 Å². The van der Waals surface area contributed by atoms with Crippen molar-refractivity contribution in [3.63, 3.8) is 0 Å². The van der Waals surface area contributed by atoms with Crippen LogP contribution in [0.2, 0.25) is 0 Å². The van der Waals surface area contributed by atoms with Gasteiger partial charge in [-0.05, 0) is 65.6 Å². The molecule has 4 rings (SSSR count). The Balaban J connectivity index is 1.51. The monoisotopic (exact) mass is 490 g/mol. The van der Waals surface area contributed by atoms with E-state index in [0.717, 1.165) is 33.6 Å². The Kier molecular flexibility index (Phi) is 7.84. The van der Waals surface area contributed by atoms with Gasteiger partial charge in [-0.3, -0.25) is 9.59 Å². The van der Waals surface area contributed by atoms with Crippen molar-refractivity contribution in [2.75, 3.05) is 18.5 Å². The summed E-state index contributed by atoms with van der Waals surface area (Å²) in [7, 11) is 2.03. The molecule has 0 saturated heterocycles. The maximum Gasteiger partial charge on any atom is 0.323 e. The Bertz CT molecular complexity index is 1390. The first-order valence-corrected chi connectivity index (χ1v) is 12.1. The smallest absolute Gasteiger partial charge is 0.323 e. The van der Waals surface area contributed by atoms with Crippen molar-refractivity contribution in [3.8, 4) is 11.1 Å². The second-order valence-electron chi connectivity index (χ2n) is 8.99. The fourth-order valence-corrected chi connectivity index (χ4v) is 4.31. The molecule has 1 amide bonds. The standard InChI is InChI=1S/C32H30N2O3/c1-4-25-20-23(2)10-19-30(25)33(3)29-17-15-27(16-18-29)26-11-13-28(14-12-26)32(37)34(22-31(35)36)21-24-8-6-5-7-9-24/h4-20H,1,21-22H2,2-3H3,(H,35,36). The summed E-state index contributed by atoms with van der Waals surface area (Å²) in [5.74, 6) is -1.36. The van der Waals surface area contributed by atoms with Crippen LogP contribution in [0, 0.1) is 6.92 Å². The number of benzene rings is 4. The number of aryl methyl sites for hydroxylation is 1. The molecular formula is C32H30N2O3. The number of anilines is 2. The van der Waals surface area contributed by atoms with Crippen LogP contribution < -0.4 is 4.90 Å². The minimum absolute atomic E-state index is 0.233. The molecule has 0 aliphatic rings. The Hall–Kier alpha value is -4.64. The van der Waals surface area contributed by atoms with Gasteiger partial charge in [-0.2, -0.15) is 0 Å². The van der Waals surface area contributed by atoms with Crippen molar-refractivity contribution in [2.24, 2.45) is 0 Å². The number of carbonyl (C=O) groups is 2. The number of hydrogen-bond donors (Lipinski definition) is 1. The van der Waals surface area contributed by atoms with Gasteiger partial charge in [0.25, 0.3) is 5.91 Å². The molecule has 5 heteroatoms. The summed E-state index contributed by atoms with van der Waals surface area (Å²) in [5, 5.41) is 9.32. The molecular weight excluding hydrogens is 460 g/mol. The Morgan fingerprint density at radius 1 is 0.865 bits per heavy atom. The average molecular weight is 491 g/mol. The summed E-state index contributed by atoms with van der Waals surface area (Å²) < 4.78 is 0. The van der Waals surface area contributed by atoms with Crippen molar-refractivity contribution in [2.45, 2.75) is 13.5 Å². The number of nitrogens with zero attached hydrogens (tertiary/aromatic N) is 2. The van der Waals surface area contributed by atoms with Crippen molar-refractivity contribution in [1.82, 2.24) is 4.90 Å². The van der Waals surface area contributed by atoms with Crippen LogP contribution in [0.3, 0.4) is 0 Å². The molecule has 4 aromatic carbocycles. The van der Waals surface area contributed by atoms with Crippen LogP contribution in [0.15, 0.2) is 104 Å². The van der Waals surface area contributed by atoms with E-state index < -0.39 is 5.97 Å². The van der Waals surface area contributed by atoms with E-state index in [2.05, 4.69) is 60.9 Å². The Morgan fingerprint density at radius 3 is 2.08 bits per heavy atom. The number of carbonyl (C=O) groups excluding carboxylic acids is 1. The van der Waals surface area contributed by atoms with Gasteiger partial charge in [-0.1, -0.05) is 78.9 Å². The summed E-state index contributed by atoms with van der Waals surface area (Å²) in [5.41, 5.74) is 7.73. The zero-order valence-electron chi connectivity index (χ0n) is 21.1. The van der Waals surface area contributed by atoms with Crippen LogP contribution in [0.25, 0.3) is 17.2 Å². The predicted octanol–water partition coefficient (Wildman–Crippen LogP) is 6.80. The summed E-state index contributed by atoms with van der Waals surface area (Å²) in [6, 6.07) is 31.2.